The Kier molecular flexibility index (Phi) is 9.46. The van der Waals surface area contributed by atoms with Crippen LogP contribution in [0.3, 0.4) is 0 Å². The molecule has 3 rings (SSSR count). The molecule has 1 unspecified atom stereocenters. The molecular formula is C27H24ClF4N3O3. The Hall–Kier alpha value is -3.92. The van der Waals surface area contributed by atoms with Crippen LogP contribution in [0.25, 0.3) is 11.1 Å². The minimum Gasteiger partial charge on any atom is -0.481 e. The SMILES string of the molecule is N=Cc1cc(-c2ccc(F)cc2Cl)ccc1NC(CCC(F)(F)F)c1ccc(C(=O)NCCC(=O)O)cc1. The van der Waals surface area contributed by atoms with Gasteiger partial charge in [-0.05, 0) is 60.0 Å². The summed E-state index contributed by atoms with van der Waals surface area (Å²) in [5.41, 5.74) is 2.64. The molecule has 11 heteroatoms. The Morgan fingerprint density at radius 1 is 1.05 bits per heavy atom. The second-order valence-corrected chi connectivity index (χ2v) is 8.85. The highest BCUT2D eigenvalue weighted by atomic mass is 35.5. The molecule has 38 heavy (non-hydrogen) atoms. The standard InChI is InChI=1S/C27H24ClF4N3O3/c28-22-14-20(29)6-7-21(22)18-5-8-23(19(13-18)15-33)35-24(9-11-27(30,31)32)16-1-3-17(4-2-16)26(38)34-12-10-25(36)37/h1-8,13-15,24,33,35H,9-12H2,(H,34,38)(H,36,37). The van der Waals surface area contributed by atoms with Crippen molar-refractivity contribution in [3.8, 4) is 11.1 Å². The third kappa shape index (κ3) is 8.04. The van der Waals surface area contributed by atoms with Gasteiger partial charge in [0.05, 0.1) is 17.5 Å². The number of halogens is 5. The number of hydrogen-bond acceptors (Lipinski definition) is 4. The summed E-state index contributed by atoms with van der Waals surface area (Å²) >= 11 is 6.15. The van der Waals surface area contributed by atoms with E-state index in [0.717, 1.165) is 12.3 Å². The van der Waals surface area contributed by atoms with Crippen molar-refractivity contribution in [3.05, 3.63) is 88.2 Å². The van der Waals surface area contributed by atoms with Gasteiger partial charge in [0.15, 0.2) is 0 Å². The molecule has 0 radical (unpaired) electrons. The first-order valence-electron chi connectivity index (χ1n) is 11.5. The number of aliphatic carboxylic acids is 1. The molecule has 0 spiro atoms. The van der Waals surface area contributed by atoms with E-state index < -0.39 is 36.3 Å². The number of carboxylic acids is 1. The average molecular weight is 550 g/mol. The van der Waals surface area contributed by atoms with E-state index >= 15 is 0 Å². The Morgan fingerprint density at radius 3 is 2.37 bits per heavy atom. The lowest BCUT2D eigenvalue weighted by Crippen LogP contribution is -2.26. The summed E-state index contributed by atoms with van der Waals surface area (Å²) < 4.78 is 52.6. The molecule has 4 N–H and O–H groups in total. The molecule has 1 amide bonds. The summed E-state index contributed by atoms with van der Waals surface area (Å²) in [6, 6.07) is 14.0. The Morgan fingerprint density at radius 2 is 1.76 bits per heavy atom. The molecule has 0 heterocycles. The van der Waals surface area contributed by atoms with E-state index in [1.165, 1.54) is 36.4 Å². The lowest BCUT2D eigenvalue weighted by Gasteiger charge is -2.23. The molecule has 0 aromatic heterocycles. The first kappa shape index (κ1) is 28.6. The van der Waals surface area contributed by atoms with Gasteiger partial charge in [-0.3, -0.25) is 9.59 Å². The van der Waals surface area contributed by atoms with E-state index in [9.17, 15) is 27.2 Å². The lowest BCUT2D eigenvalue weighted by molar-refractivity contribution is -0.137. The molecule has 3 aromatic rings. The highest BCUT2D eigenvalue weighted by Gasteiger charge is 2.29. The van der Waals surface area contributed by atoms with Crippen LogP contribution in [0.15, 0.2) is 60.7 Å². The van der Waals surface area contributed by atoms with Crippen LogP contribution in [0.2, 0.25) is 5.02 Å². The van der Waals surface area contributed by atoms with E-state index in [4.69, 9.17) is 22.1 Å². The number of hydrogen-bond donors (Lipinski definition) is 4. The smallest absolute Gasteiger partial charge is 0.389 e. The zero-order valence-corrected chi connectivity index (χ0v) is 20.7. The zero-order chi connectivity index (χ0) is 27.9. The molecule has 0 saturated heterocycles. The molecule has 1 atom stereocenters. The quantitative estimate of drug-likeness (QED) is 0.155. The molecule has 0 aliphatic carbocycles. The maximum atomic E-state index is 13.4. The number of alkyl halides is 3. The predicted molar refractivity (Wildman–Crippen MR) is 137 cm³/mol. The average Bonchev–Trinajstić information content (AvgIpc) is 2.86. The van der Waals surface area contributed by atoms with Gasteiger partial charge < -0.3 is 21.1 Å². The number of benzene rings is 3. The molecule has 0 aliphatic rings. The van der Waals surface area contributed by atoms with E-state index in [2.05, 4.69) is 10.6 Å². The highest BCUT2D eigenvalue weighted by molar-refractivity contribution is 6.33. The van der Waals surface area contributed by atoms with Gasteiger partial charge in [0.2, 0.25) is 0 Å². The monoisotopic (exact) mass is 549 g/mol. The molecule has 0 saturated carbocycles. The molecule has 0 aliphatic heterocycles. The molecule has 3 aromatic carbocycles. The van der Waals surface area contributed by atoms with Gasteiger partial charge in [0, 0.05) is 41.6 Å². The van der Waals surface area contributed by atoms with Gasteiger partial charge >= 0.3 is 12.1 Å². The van der Waals surface area contributed by atoms with Gasteiger partial charge in [0.1, 0.15) is 5.82 Å². The maximum absolute atomic E-state index is 13.4. The van der Waals surface area contributed by atoms with Crippen LogP contribution < -0.4 is 10.6 Å². The van der Waals surface area contributed by atoms with Gasteiger partial charge in [-0.15, -0.1) is 0 Å². The van der Waals surface area contributed by atoms with Gasteiger partial charge in [-0.2, -0.15) is 13.2 Å². The largest absolute Gasteiger partial charge is 0.481 e. The summed E-state index contributed by atoms with van der Waals surface area (Å²) in [7, 11) is 0. The number of amides is 1. The van der Waals surface area contributed by atoms with Crippen LogP contribution in [-0.2, 0) is 4.79 Å². The molecule has 200 valence electrons. The van der Waals surface area contributed by atoms with E-state index in [0.29, 0.717) is 27.9 Å². The predicted octanol–water partition coefficient (Wildman–Crippen LogP) is 6.84. The van der Waals surface area contributed by atoms with Crippen LogP contribution in [0.4, 0.5) is 23.2 Å². The van der Waals surface area contributed by atoms with Gasteiger partial charge in [-0.25, -0.2) is 4.39 Å². The number of nitrogens with one attached hydrogen (secondary N) is 3. The minimum absolute atomic E-state index is 0.0583. The summed E-state index contributed by atoms with van der Waals surface area (Å²) in [6.45, 7) is -0.0583. The van der Waals surface area contributed by atoms with Crippen molar-refractivity contribution < 1.29 is 32.3 Å². The van der Waals surface area contributed by atoms with Crippen LogP contribution in [0.5, 0.6) is 0 Å². The topological polar surface area (TPSA) is 102 Å². The van der Waals surface area contributed by atoms with Crippen molar-refractivity contribution in [2.24, 2.45) is 0 Å². The second kappa shape index (κ2) is 12.6. The summed E-state index contributed by atoms with van der Waals surface area (Å²) in [4.78, 5) is 22.8. The number of anilines is 1. The summed E-state index contributed by atoms with van der Waals surface area (Å²) in [6.07, 6.45) is -4.96. The zero-order valence-electron chi connectivity index (χ0n) is 19.9. The fourth-order valence-corrected chi connectivity index (χ4v) is 4.05. The van der Waals surface area contributed by atoms with Crippen molar-refractivity contribution in [3.63, 3.8) is 0 Å². The third-order valence-corrected chi connectivity index (χ3v) is 6.01. The third-order valence-electron chi connectivity index (χ3n) is 5.70. The minimum atomic E-state index is -4.39. The van der Waals surface area contributed by atoms with Crippen LogP contribution >= 0.6 is 11.6 Å². The summed E-state index contributed by atoms with van der Waals surface area (Å²) in [5, 5.41) is 22.2. The normalized spacial score (nSPS) is 12.0. The van der Waals surface area contributed by atoms with Crippen molar-refractivity contribution >= 4 is 35.4 Å². The van der Waals surface area contributed by atoms with E-state index in [1.807, 2.05) is 0 Å². The summed E-state index contributed by atoms with van der Waals surface area (Å²) in [5.74, 6) is -2.06. The van der Waals surface area contributed by atoms with Gasteiger partial charge in [-0.1, -0.05) is 29.8 Å². The number of carbonyl (C=O) groups excluding carboxylic acids is 1. The Bertz CT molecular complexity index is 1310. The molecule has 6 nitrogen and oxygen atoms in total. The fraction of sp³-hybridized carbons (Fsp3) is 0.222. The highest BCUT2D eigenvalue weighted by Crippen LogP contribution is 2.34. The number of carboxylic acid groups (broad SMARTS) is 1. The van der Waals surface area contributed by atoms with Crippen LogP contribution in [-0.4, -0.2) is 35.9 Å². The second-order valence-electron chi connectivity index (χ2n) is 8.44. The molecular weight excluding hydrogens is 526 g/mol. The van der Waals surface area contributed by atoms with Gasteiger partial charge in [0.25, 0.3) is 5.91 Å². The van der Waals surface area contributed by atoms with Crippen molar-refractivity contribution in [1.82, 2.24) is 5.32 Å². The molecule has 0 fully saturated rings. The first-order chi connectivity index (χ1) is 18.0. The number of rotatable bonds is 11. The van der Waals surface area contributed by atoms with Crippen molar-refractivity contribution in [2.45, 2.75) is 31.5 Å². The first-order valence-corrected chi connectivity index (χ1v) is 11.9. The van der Waals surface area contributed by atoms with Crippen LogP contribution in [0, 0.1) is 11.2 Å². The van der Waals surface area contributed by atoms with Crippen molar-refractivity contribution in [2.75, 3.05) is 11.9 Å². The van der Waals surface area contributed by atoms with Crippen LogP contribution in [0.1, 0.15) is 46.8 Å². The fourth-order valence-electron chi connectivity index (χ4n) is 3.77. The number of carbonyl (C=O) groups is 2. The Labute approximate surface area is 221 Å². The lowest BCUT2D eigenvalue weighted by atomic mass is 9.98. The molecule has 0 bridgehead atoms. The van der Waals surface area contributed by atoms with E-state index in [1.54, 1.807) is 18.2 Å². The maximum Gasteiger partial charge on any atom is 0.389 e. The van der Waals surface area contributed by atoms with Crippen molar-refractivity contribution in [1.29, 1.82) is 5.41 Å². The Balaban J connectivity index is 1.85. The van der Waals surface area contributed by atoms with E-state index in [-0.39, 0.29) is 30.0 Å².